The molecule has 116 valence electrons. The zero-order valence-corrected chi connectivity index (χ0v) is 13.9. The van der Waals surface area contributed by atoms with Gasteiger partial charge in [-0.2, -0.15) is 0 Å². The normalized spacial score (nSPS) is 21.4. The van der Waals surface area contributed by atoms with E-state index in [0.29, 0.717) is 6.04 Å². The van der Waals surface area contributed by atoms with E-state index in [0.717, 1.165) is 23.1 Å². The van der Waals surface area contributed by atoms with E-state index < -0.39 is 10.8 Å². The van der Waals surface area contributed by atoms with E-state index in [1.165, 1.54) is 56.1 Å². The van der Waals surface area contributed by atoms with Crippen LogP contribution in [0, 0.1) is 5.92 Å². The Hall–Kier alpha value is -0.670. The van der Waals surface area contributed by atoms with Crippen molar-refractivity contribution in [2.24, 2.45) is 5.92 Å². The van der Waals surface area contributed by atoms with E-state index in [1.54, 1.807) is 0 Å². The summed E-state index contributed by atoms with van der Waals surface area (Å²) >= 11 is 0. The number of hydrogen-bond donors (Lipinski definition) is 1. The first-order valence-corrected chi connectivity index (χ1v) is 9.83. The molecule has 2 aliphatic rings. The molecule has 0 spiro atoms. The average molecular weight is 305 g/mol. The largest absolute Gasteiger partial charge is 0.313 e. The van der Waals surface area contributed by atoms with Gasteiger partial charge < -0.3 is 5.32 Å². The topological polar surface area (TPSA) is 29.1 Å². The minimum atomic E-state index is -0.866. The molecule has 3 rings (SSSR count). The lowest BCUT2D eigenvalue weighted by atomic mass is 10.00. The first kappa shape index (κ1) is 15.2. The van der Waals surface area contributed by atoms with Gasteiger partial charge in [-0.15, -0.1) is 0 Å². The summed E-state index contributed by atoms with van der Waals surface area (Å²) in [5.74, 6) is 1.50. The van der Waals surface area contributed by atoms with Gasteiger partial charge in [0.15, 0.2) is 0 Å². The van der Waals surface area contributed by atoms with Crippen LogP contribution in [0.3, 0.4) is 0 Å². The monoisotopic (exact) mass is 305 g/mol. The van der Waals surface area contributed by atoms with Crippen LogP contribution in [0.1, 0.15) is 50.2 Å². The molecule has 0 aromatic heterocycles. The first-order valence-electron chi connectivity index (χ1n) is 8.51. The summed E-state index contributed by atoms with van der Waals surface area (Å²) in [5.41, 5.74) is 2.90. The second-order valence-corrected chi connectivity index (χ2v) is 8.00. The molecule has 2 nitrogen and oxygen atoms in total. The second-order valence-electron chi connectivity index (χ2n) is 6.50. The molecule has 0 radical (unpaired) electrons. The number of benzene rings is 1. The van der Waals surface area contributed by atoms with E-state index in [1.807, 2.05) is 0 Å². The van der Waals surface area contributed by atoms with Crippen molar-refractivity contribution in [2.75, 3.05) is 12.3 Å². The van der Waals surface area contributed by atoms with E-state index >= 15 is 0 Å². The Morgan fingerprint density at radius 1 is 1.19 bits per heavy atom. The summed E-state index contributed by atoms with van der Waals surface area (Å²) < 4.78 is 12.8. The van der Waals surface area contributed by atoms with Gasteiger partial charge in [0.1, 0.15) is 0 Å². The minimum Gasteiger partial charge on any atom is -0.313 e. The highest BCUT2D eigenvalue weighted by Gasteiger charge is 2.26. The lowest BCUT2D eigenvalue weighted by molar-refractivity contribution is 0.392. The number of aryl methyl sites for hydroxylation is 2. The van der Waals surface area contributed by atoms with Gasteiger partial charge in [0.25, 0.3) is 0 Å². The van der Waals surface area contributed by atoms with Crippen molar-refractivity contribution in [1.29, 1.82) is 0 Å². The molecule has 21 heavy (non-hydrogen) atoms. The molecule has 1 saturated carbocycles. The van der Waals surface area contributed by atoms with Crippen LogP contribution in [0.15, 0.2) is 23.1 Å². The van der Waals surface area contributed by atoms with Crippen LogP contribution >= 0.6 is 0 Å². The fourth-order valence-electron chi connectivity index (χ4n) is 3.93. The predicted molar refractivity (Wildman–Crippen MR) is 89.2 cm³/mol. The molecule has 0 aliphatic heterocycles. The Labute approximate surface area is 131 Å². The molecule has 2 aliphatic carbocycles. The van der Waals surface area contributed by atoms with Crippen molar-refractivity contribution in [2.45, 2.75) is 62.8 Å². The third-order valence-electron chi connectivity index (χ3n) is 5.10. The maximum atomic E-state index is 12.8. The highest BCUT2D eigenvalue weighted by Crippen LogP contribution is 2.29. The molecular weight excluding hydrogens is 278 g/mol. The zero-order chi connectivity index (χ0) is 14.7. The van der Waals surface area contributed by atoms with Gasteiger partial charge >= 0.3 is 0 Å². The van der Waals surface area contributed by atoms with Crippen LogP contribution in [0.4, 0.5) is 0 Å². The van der Waals surface area contributed by atoms with Gasteiger partial charge in [-0.05, 0) is 67.8 Å². The maximum absolute atomic E-state index is 12.8. The SMILES string of the molecule is CCNC(CS(=O)c1ccc2c(c1)CCC2)C1CCCC1. The molecule has 0 heterocycles. The van der Waals surface area contributed by atoms with Gasteiger partial charge in [0.2, 0.25) is 0 Å². The third-order valence-corrected chi connectivity index (χ3v) is 6.54. The van der Waals surface area contributed by atoms with Crippen molar-refractivity contribution in [3.63, 3.8) is 0 Å². The Morgan fingerprint density at radius 2 is 1.95 bits per heavy atom. The molecule has 3 heteroatoms. The maximum Gasteiger partial charge on any atom is 0.0545 e. The number of rotatable bonds is 6. The van der Waals surface area contributed by atoms with Crippen molar-refractivity contribution in [3.05, 3.63) is 29.3 Å². The van der Waals surface area contributed by atoms with Crippen molar-refractivity contribution < 1.29 is 4.21 Å². The van der Waals surface area contributed by atoms with Crippen molar-refractivity contribution >= 4 is 10.8 Å². The van der Waals surface area contributed by atoms with Gasteiger partial charge in [0, 0.05) is 16.7 Å². The Kier molecular flexibility index (Phi) is 5.12. The average Bonchev–Trinajstić information content (AvgIpc) is 3.17. The van der Waals surface area contributed by atoms with Gasteiger partial charge in [-0.25, -0.2) is 0 Å². The predicted octanol–water partition coefficient (Wildman–Crippen LogP) is 3.45. The standard InChI is InChI=1S/C18H27NOS/c1-2-19-18(15-6-3-4-7-15)13-21(20)17-11-10-14-8-5-9-16(14)12-17/h10-12,15,18-19H,2-9,13H2,1H3. The Bertz CT molecular complexity index is 508. The summed E-state index contributed by atoms with van der Waals surface area (Å²) in [7, 11) is -0.866. The van der Waals surface area contributed by atoms with Crippen LogP contribution in [-0.4, -0.2) is 22.5 Å². The van der Waals surface area contributed by atoms with Gasteiger partial charge in [-0.1, -0.05) is 25.8 Å². The van der Waals surface area contributed by atoms with Crippen LogP contribution in [-0.2, 0) is 23.6 Å². The van der Waals surface area contributed by atoms with E-state index in [4.69, 9.17) is 0 Å². The molecule has 0 amide bonds. The lowest BCUT2D eigenvalue weighted by Crippen LogP contribution is -2.39. The molecule has 1 aromatic carbocycles. The summed E-state index contributed by atoms with van der Waals surface area (Å²) in [6, 6.07) is 6.92. The summed E-state index contributed by atoms with van der Waals surface area (Å²) in [5, 5.41) is 3.58. The summed E-state index contributed by atoms with van der Waals surface area (Å²) in [6.45, 7) is 3.13. The van der Waals surface area contributed by atoms with Crippen LogP contribution < -0.4 is 5.32 Å². The Balaban J connectivity index is 1.68. The van der Waals surface area contributed by atoms with Crippen molar-refractivity contribution in [1.82, 2.24) is 5.32 Å². The van der Waals surface area contributed by atoms with Crippen LogP contribution in [0.5, 0.6) is 0 Å². The molecule has 2 unspecified atom stereocenters. The van der Waals surface area contributed by atoms with Gasteiger partial charge in [-0.3, -0.25) is 4.21 Å². The second kappa shape index (κ2) is 7.06. The van der Waals surface area contributed by atoms with Crippen LogP contribution in [0.2, 0.25) is 0 Å². The van der Waals surface area contributed by atoms with Crippen LogP contribution in [0.25, 0.3) is 0 Å². The van der Waals surface area contributed by atoms with E-state index in [9.17, 15) is 4.21 Å². The Morgan fingerprint density at radius 3 is 2.71 bits per heavy atom. The summed E-state index contributed by atoms with van der Waals surface area (Å²) in [6.07, 6.45) is 8.92. The fraction of sp³-hybridized carbons (Fsp3) is 0.667. The number of fused-ring (bicyclic) bond motifs is 1. The molecule has 2 atom stereocenters. The highest BCUT2D eigenvalue weighted by molar-refractivity contribution is 7.85. The highest BCUT2D eigenvalue weighted by atomic mass is 32.2. The van der Waals surface area contributed by atoms with Gasteiger partial charge in [0.05, 0.1) is 10.8 Å². The lowest BCUT2D eigenvalue weighted by Gasteiger charge is -2.24. The summed E-state index contributed by atoms with van der Waals surface area (Å²) in [4.78, 5) is 1.04. The molecule has 0 saturated heterocycles. The van der Waals surface area contributed by atoms with E-state index in [2.05, 4.69) is 30.4 Å². The molecule has 1 fully saturated rings. The third kappa shape index (κ3) is 3.57. The molecule has 0 bridgehead atoms. The number of hydrogen-bond acceptors (Lipinski definition) is 2. The smallest absolute Gasteiger partial charge is 0.0545 e. The zero-order valence-electron chi connectivity index (χ0n) is 13.1. The number of nitrogens with one attached hydrogen (secondary N) is 1. The molecular formula is C18H27NOS. The van der Waals surface area contributed by atoms with E-state index in [-0.39, 0.29) is 0 Å². The minimum absolute atomic E-state index is 0.423. The first-order chi connectivity index (χ1) is 10.3. The molecule has 1 aromatic rings. The fourth-order valence-corrected chi connectivity index (χ4v) is 5.33. The van der Waals surface area contributed by atoms with Crippen molar-refractivity contribution in [3.8, 4) is 0 Å². The quantitative estimate of drug-likeness (QED) is 0.872. The molecule has 1 N–H and O–H groups in total.